The zero-order valence-electron chi connectivity index (χ0n) is 17.6. The van der Waals surface area contributed by atoms with Gasteiger partial charge in [-0.05, 0) is 31.2 Å². The van der Waals surface area contributed by atoms with Crippen LogP contribution >= 0.6 is 11.3 Å². The first kappa shape index (κ1) is 24.3. The molecule has 1 N–H and O–H groups in total. The maximum Gasteiger partial charge on any atom is 0.341 e. The number of anilines is 1. The molecule has 0 aliphatic rings. The van der Waals surface area contributed by atoms with Crippen molar-refractivity contribution in [3.05, 3.63) is 16.5 Å². The maximum absolute atomic E-state index is 12.1. The van der Waals surface area contributed by atoms with E-state index in [0.29, 0.717) is 17.0 Å². The van der Waals surface area contributed by atoms with Crippen LogP contribution in [-0.4, -0.2) is 24.3 Å². The van der Waals surface area contributed by atoms with E-state index in [4.69, 9.17) is 4.74 Å². The summed E-state index contributed by atoms with van der Waals surface area (Å²) in [6, 6.07) is 0. The highest BCUT2D eigenvalue weighted by atomic mass is 32.1. The van der Waals surface area contributed by atoms with Crippen molar-refractivity contribution >= 4 is 34.0 Å². The zero-order valence-corrected chi connectivity index (χ0v) is 18.4. The molecule has 1 aromatic heterocycles. The van der Waals surface area contributed by atoms with Crippen molar-refractivity contribution in [3.8, 4) is 0 Å². The highest BCUT2D eigenvalue weighted by molar-refractivity contribution is 7.15. The third-order valence-electron chi connectivity index (χ3n) is 4.62. The Kier molecular flexibility index (Phi) is 12.5. The first-order valence-electron chi connectivity index (χ1n) is 10.6. The van der Waals surface area contributed by atoms with Gasteiger partial charge in [-0.1, -0.05) is 58.3 Å². The molecule has 1 rings (SSSR count). The molecule has 0 radical (unpaired) electrons. The molecule has 0 saturated heterocycles. The van der Waals surface area contributed by atoms with Crippen LogP contribution in [0.4, 0.5) is 5.00 Å². The number of carbonyl (C=O) groups excluding carboxylic acids is 3. The predicted molar refractivity (Wildman–Crippen MR) is 115 cm³/mol. The number of hydrogen-bond acceptors (Lipinski definition) is 5. The number of ketones is 1. The molecule has 1 amide bonds. The lowest BCUT2D eigenvalue weighted by atomic mass is 10.0. The molecule has 6 heteroatoms. The molecule has 0 unspecified atom stereocenters. The molecule has 158 valence electrons. The molecule has 0 fully saturated rings. The van der Waals surface area contributed by atoms with E-state index in [1.807, 2.05) is 0 Å². The third-order valence-corrected chi connectivity index (χ3v) is 5.64. The van der Waals surface area contributed by atoms with Crippen LogP contribution in [0.15, 0.2) is 5.38 Å². The van der Waals surface area contributed by atoms with Crippen molar-refractivity contribution in [2.45, 2.75) is 91.4 Å². The number of thiophene rings is 1. The summed E-state index contributed by atoms with van der Waals surface area (Å²) in [7, 11) is 0. The number of unbranched alkanes of at least 4 members (excludes halogenated alkanes) is 8. The molecular weight excluding hydrogens is 374 g/mol. The summed E-state index contributed by atoms with van der Waals surface area (Å²) in [5, 5.41) is 4.95. The van der Waals surface area contributed by atoms with E-state index >= 15 is 0 Å². The van der Waals surface area contributed by atoms with Crippen LogP contribution in [-0.2, 0) is 14.3 Å². The molecule has 0 aromatic carbocycles. The Morgan fingerprint density at radius 1 is 0.964 bits per heavy atom. The quantitative estimate of drug-likeness (QED) is 0.217. The zero-order chi connectivity index (χ0) is 20.8. The van der Waals surface area contributed by atoms with Crippen molar-refractivity contribution in [3.63, 3.8) is 0 Å². The van der Waals surface area contributed by atoms with Gasteiger partial charge in [-0.2, -0.15) is 0 Å². The standard InChI is InChI=1S/C22H35NO4S/c1-4-6-7-8-9-10-11-12-13-14-18(24)15-19(25)23-21-20(17(3)16-28-21)22(26)27-5-2/h16H,4-15H2,1-3H3,(H,23,25). The van der Waals surface area contributed by atoms with Gasteiger partial charge in [0.2, 0.25) is 5.91 Å². The van der Waals surface area contributed by atoms with Crippen molar-refractivity contribution in [1.82, 2.24) is 0 Å². The average Bonchev–Trinajstić information content (AvgIpc) is 3.00. The molecule has 0 saturated carbocycles. The fourth-order valence-electron chi connectivity index (χ4n) is 3.06. The molecule has 0 spiro atoms. The van der Waals surface area contributed by atoms with Gasteiger partial charge in [0.25, 0.3) is 0 Å². The number of esters is 1. The lowest BCUT2D eigenvalue weighted by Gasteiger charge is -2.07. The molecule has 1 aromatic rings. The lowest BCUT2D eigenvalue weighted by Crippen LogP contribution is -2.18. The second kappa shape index (κ2) is 14.3. The minimum Gasteiger partial charge on any atom is -0.462 e. The average molecular weight is 410 g/mol. The van der Waals surface area contributed by atoms with Gasteiger partial charge in [-0.25, -0.2) is 4.79 Å². The topological polar surface area (TPSA) is 72.5 Å². The van der Waals surface area contributed by atoms with Gasteiger partial charge in [-0.15, -0.1) is 11.3 Å². The van der Waals surface area contributed by atoms with E-state index in [2.05, 4.69) is 12.2 Å². The Balaban J connectivity index is 2.25. The number of ether oxygens (including phenoxy) is 1. The van der Waals surface area contributed by atoms with Crippen LogP contribution in [0.5, 0.6) is 0 Å². The normalized spacial score (nSPS) is 10.7. The second-order valence-corrected chi connectivity index (χ2v) is 8.07. The molecule has 1 heterocycles. The minimum absolute atomic E-state index is 0.0496. The van der Waals surface area contributed by atoms with Gasteiger partial charge in [0.15, 0.2) is 0 Å². The van der Waals surface area contributed by atoms with E-state index in [1.165, 1.54) is 49.9 Å². The summed E-state index contributed by atoms with van der Waals surface area (Å²) in [5.74, 6) is -0.864. The van der Waals surface area contributed by atoms with E-state index in [1.54, 1.807) is 19.2 Å². The Labute approximate surface area is 173 Å². The third kappa shape index (κ3) is 9.49. The second-order valence-electron chi connectivity index (χ2n) is 7.19. The maximum atomic E-state index is 12.1. The number of carbonyl (C=O) groups is 3. The fraction of sp³-hybridized carbons (Fsp3) is 0.682. The molecule has 0 aliphatic heterocycles. The highest BCUT2D eigenvalue weighted by Gasteiger charge is 2.20. The summed E-state index contributed by atoms with van der Waals surface area (Å²) >= 11 is 1.28. The first-order chi connectivity index (χ1) is 13.5. The van der Waals surface area contributed by atoms with Gasteiger partial charge in [-0.3, -0.25) is 9.59 Å². The van der Waals surface area contributed by atoms with Crippen LogP contribution in [0.1, 0.15) is 100 Å². The number of rotatable bonds is 15. The van der Waals surface area contributed by atoms with Gasteiger partial charge < -0.3 is 10.1 Å². The summed E-state index contributed by atoms with van der Waals surface area (Å²) in [6.45, 7) is 6.03. The van der Waals surface area contributed by atoms with Crippen LogP contribution in [0.25, 0.3) is 0 Å². The Hall–Kier alpha value is -1.69. The van der Waals surface area contributed by atoms with E-state index in [9.17, 15) is 14.4 Å². The smallest absolute Gasteiger partial charge is 0.341 e. The van der Waals surface area contributed by atoms with E-state index < -0.39 is 5.97 Å². The molecular formula is C22H35NO4S. The van der Waals surface area contributed by atoms with Crippen molar-refractivity contribution < 1.29 is 19.1 Å². The summed E-state index contributed by atoms with van der Waals surface area (Å²) in [6.07, 6.45) is 11.1. The molecule has 28 heavy (non-hydrogen) atoms. The summed E-state index contributed by atoms with van der Waals surface area (Å²) in [5.41, 5.74) is 1.14. The SMILES string of the molecule is CCCCCCCCCCCC(=O)CC(=O)Nc1scc(C)c1C(=O)OCC. The van der Waals surface area contributed by atoms with Gasteiger partial charge in [0.1, 0.15) is 10.8 Å². The van der Waals surface area contributed by atoms with Gasteiger partial charge >= 0.3 is 5.97 Å². The summed E-state index contributed by atoms with van der Waals surface area (Å²) < 4.78 is 5.03. The predicted octanol–water partition coefficient (Wildman–Crippen LogP) is 6.05. The van der Waals surface area contributed by atoms with Crippen molar-refractivity contribution in [2.75, 3.05) is 11.9 Å². The van der Waals surface area contributed by atoms with E-state index in [-0.39, 0.29) is 24.7 Å². The van der Waals surface area contributed by atoms with Gasteiger partial charge in [0.05, 0.1) is 18.6 Å². The van der Waals surface area contributed by atoms with E-state index in [0.717, 1.165) is 24.8 Å². The van der Waals surface area contributed by atoms with Gasteiger partial charge in [0, 0.05) is 6.42 Å². The summed E-state index contributed by atoms with van der Waals surface area (Å²) in [4.78, 5) is 36.2. The largest absolute Gasteiger partial charge is 0.462 e. The van der Waals surface area contributed by atoms with Crippen LogP contribution < -0.4 is 5.32 Å². The number of aryl methyl sites for hydroxylation is 1. The highest BCUT2D eigenvalue weighted by Crippen LogP contribution is 2.28. The number of hydrogen-bond donors (Lipinski definition) is 1. The van der Waals surface area contributed by atoms with Crippen LogP contribution in [0.3, 0.4) is 0 Å². The minimum atomic E-state index is -0.447. The Bertz CT molecular complexity index is 624. The van der Waals surface area contributed by atoms with Crippen LogP contribution in [0.2, 0.25) is 0 Å². The molecule has 0 aliphatic carbocycles. The molecule has 0 bridgehead atoms. The first-order valence-corrected chi connectivity index (χ1v) is 11.4. The number of amides is 1. The van der Waals surface area contributed by atoms with Crippen molar-refractivity contribution in [1.29, 1.82) is 0 Å². The number of nitrogens with one attached hydrogen (secondary N) is 1. The number of Topliss-reactive ketones (excluding diaryl/α,β-unsaturated/α-hetero) is 1. The molecule has 0 atom stereocenters. The van der Waals surface area contributed by atoms with Crippen molar-refractivity contribution in [2.24, 2.45) is 0 Å². The Morgan fingerprint density at radius 3 is 2.18 bits per heavy atom. The fourth-order valence-corrected chi connectivity index (χ4v) is 4.01. The Morgan fingerprint density at radius 2 is 1.57 bits per heavy atom. The monoisotopic (exact) mass is 409 g/mol. The lowest BCUT2D eigenvalue weighted by molar-refractivity contribution is -0.125. The molecule has 5 nitrogen and oxygen atoms in total. The van der Waals surface area contributed by atoms with Crippen LogP contribution in [0, 0.1) is 6.92 Å².